The predicted octanol–water partition coefficient (Wildman–Crippen LogP) is 5.93. The fourth-order valence-corrected chi connectivity index (χ4v) is 4.86. The minimum absolute atomic E-state index is 0.314. The van der Waals surface area contributed by atoms with Crippen molar-refractivity contribution >= 4 is 45.6 Å². The molecule has 0 aromatic heterocycles. The van der Waals surface area contributed by atoms with Crippen LogP contribution in [-0.4, -0.2) is 18.9 Å². The third-order valence-corrected chi connectivity index (χ3v) is 6.48. The first kappa shape index (κ1) is 20.1. The molecule has 0 bridgehead atoms. The third-order valence-electron chi connectivity index (χ3n) is 5.39. The van der Waals surface area contributed by atoms with Gasteiger partial charge in [0.25, 0.3) is 11.8 Å². The summed E-state index contributed by atoms with van der Waals surface area (Å²) in [6.07, 6.45) is 0. The van der Waals surface area contributed by atoms with Crippen LogP contribution in [-0.2, 0) is 9.59 Å². The fraction of sp³-hybridized carbons (Fsp3) is 0.0370. The van der Waals surface area contributed by atoms with Crippen molar-refractivity contribution in [3.8, 4) is 5.75 Å². The average Bonchev–Trinajstić information content (AvgIpc) is 3.08. The summed E-state index contributed by atoms with van der Waals surface area (Å²) in [5, 5.41) is 1.83. The first-order valence-corrected chi connectivity index (χ1v) is 11.0. The highest BCUT2D eigenvalue weighted by atomic mass is 32.2. The van der Waals surface area contributed by atoms with Gasteiger partial charge in [0.2, 0.25) is 0 Å². The summed E-state index contributed by atoms with van der Waals surface area (Å²) in [6.45, 7) is 0. The summed E-state index contributed by atoms with van der Waals surface area (Å²) in [7, 11) is 1.59. The van der Waals surface area contributed by atoms with Gasteiger partial charge < -0.3 is 4.74 Å². The van der Waals surface area contributed by atoms with Crippen molar-refractivity contribution in [2.75, 3.05) is 12.0 Å². The van der Waals surface area contributed by atoms with Gasteiger partial charge in [0.15, 0.2) is 0 Å². The maximum Gasteiger partial charge on any atom is 0.272 e. The van der Waals surface area contributed by atoms with E-state index in [1.165, 1.54) is 16.7 Å². The number of methoxy groups -OCH3 is 1. The zero-order chi connectivity index (χ0) is 22.1. The number of fused-ring (bicyclic) bond motifs is 1. The molecule has 5 heteroatoms. The van der Waals surface area contributed by atoms with Crippen LogP contribution in [0.25, 0.3) is 16.3 Å². The summed E-state index contributed by atoms with van der Waals surface area (Å²) in [5.41, 5.74) is 1.68. The largest absolute Gasteiger partial charge is 0.497 e. The second-order valence-electron chi connectivity index (χ2n) is 7.29. The number of carbonyl (C=O) groups excluding carboxylic acids is 2. The molecule has 0 radical (unpaired) electrons. The van der Waals surface area contributed by atoms with E-state index in [0.29, 0.717) is 27.5 Å². The Labute approximate surface area is 190 Å². The average molecular weight is 438 g/mol. The Hall–Kier alpha value is -3.83. The zero-order valence-electron chi connectivity index (χ0n) is 17.3. The molecule has 5 rings (SSSR count). The molecule has 1 heterocycles. The van der Waals surface area contributed by atoms with Crippen molar-refractivity contribution in [1.82, 2.24) is 0 Å². The number of amides is 2. The van der Waals surface area contributed by atoms with E-state index in [1.54, 1.807) is 19.2 Å². The smallest absolute Gasteiger partial charge is 0.272 e. The van der Waals surface area contributed by atoms with Crippen molar-refractivity contribution < 1.29 is 14.3 Å². The Morgan fingerprint density at radius 2 is 1.41 bits per heavy atom. The van der Waals surface area contributed by atoms with Crippen LogP contribution in [0.1, 0.15) is 5.56 Å². The van der Waals surface area contributed by atoms with E-state index in [1.807, 2.05) is 84.9 Å². The number of anilines is 1. The lowest BCUT2D eigenvalue weighted by Gasteiger charge is -2.17. The fourth-order valence-electron chi connectivity index (χ4n) is 3.85. The lowest BCUT2D eigenvalue weighted by atomic mass is 10.1. The molecular formula is C27H19NO3S. The Kier molecular flexibility index (Phi) is 5.25. The number of hydrogen-bond acceptors (Lipinski definition) is 4. The first-order chi connectivity index (χ1) is 15.7. The Balaban J connectivity index is 1.65. The molecule has 0 N–H and O–H groups in total. The number of carbonyl (C=O) groups is 2. The van der Waals surface area contributed by atoms with Crippen molar-refractivity contribution in [1.29, 1.82) is 0 Å². The van der Waals surface area contributed by atoms with Crippen LogP contribution < -0.4 is 9.64 Å². The standard InChI is InChI=1S/C27H19NO3S/c1-31-20-16-14-19(15-17-20)24-25(32-21-10-3-2-4-11-21)27(30)28(26(24)29)23-13-7-9-18-8-5-6-12-22(18)23/h2-17H,1H3. The molecule has 0 aliphatic carbocycles. The van der Waals surface area contributed by atoms with Crippen LogP contribution in [0.5, 0.6) is 5.75 Å². The van der Waals surface area contributed by atoms with Crippen LogP contribution in [0.15, 0.2) is 107 Å². The van der Waals surface area contributed by atoms with Crippen LogP contribution >= 0.6 is 11.8 Å². The quantitative estimate of drug-likeness (QED) is 0.363. The maximum absolute atomic E-state index is 13.7. The van der Waals surface area contributed by atoms with Crippen LogP contribution in [0.4, 0.5) is 5.69 Å². The number of benzene rings is 4. The van der Waals surface area contributed by atoms with E-state index in [4.69, 9.17) is 4.74 Å². The molecule has 32 heavy (non-hydrogen) atoms. The van der Waals surface area contributed by atoms with Crippen LogP contribution in [0.3, 0.4) is 0 Å². The number of thioether (sulfide) groups is 1. The SMILES string of the molecule is COc1ccc(C2=C(Sc3ccccc3)C(=O)N(c3cccc4ccccc34)C2=O)cc1. The highest BCUT2D eigenvalue weighted by Gasteiger charge is 2.41. The number of ether oxygens (including phenoxy) is 1. The number of nitrogens with zero attached hydrogens (tertiary/aromatic N) is 1. The minimum Gasteiger partial charge on any atom is -0.497 e. The molecule has 2 amide bonds. The van der Waals surface area contributed by atoms with Gasteiger partial charge in [-0.3, -0.25) is 9.59 Å². The van der Waals surface area contributed by atoms with E-state index in [9.17, 15) is 9.59 Å². The van der Waals surface area contributed by atoms with Crippen molar-refractivity contribution in [2.45, 2.75) is 4.90 Å². The zero-order valence-corrected chi connectivity index (χ0v) is 18.1. The molecular weight excluding hydrogens is 418 g/mol. The summed E-state index contributed by atoms with van der Waals surface area (Å²) < 4.78 is 5.26. The lowest BCUT2D eigenvalue weighted by Crippen LogP contribution is -2.31. The lowest BCUT2D eigenvalue weighted by molar-refractivity contribution is -0.119. The molecule has 156 valence electrons. The topological polar surface area (TPSA) is 46.6 Å². The van der Waals surface area contributed by atoms with E-state index in [0.717, 1.165) is 15.7 Å². The summed E-state index contributed by atoms with van der Waals surface area (Å²) in [5.74, 6) is 0.0512. The van der Waals surface area contributed by atoms with Gasteiger partial charge in [-0.1, -0.05) is 78.5 Å². The normalized spacial score (nSPS) is 13.8. The molecule has 0 saturated heterocycles. The van der Waals surface area contributed by atoms with E-state index in [2.05, 4.69) is 0 Å². The third kappa shape index (κ3) is 3.47. The van der Waals surface area contributed by atoms with E-state index < -0.39 is 0 Å². The van der Waals surface area contributed by atoms with Crippen LogP contribution in [0.2, 0.25) is 0 Å². The number of hydrogen-bond donors (Lipinski definition) is 0. The van der Waals surface area contributed by atoms with Gasteiger partial charge in [0.1, 0.15) is 5.75 Å². The van der Waals surface area contributed by atoms with Gasteiger partial charge in [0.05, 0.1) is 23.3 Å². The predicted molar refractivity (Wildman–Crippen MR) is 129 cm³/mol. The molecule has 0 fully saturated rings. The summed E-state index contributed by atoms with van der Waals surface area (Å²) in [4.78, 5) is 30.0. The maximum atomic E-state index is 13.7. The van der Waals surface area contributed by atoms with Crippen LogP contribution in [0, 0.1) is 0 Å². The summed E-state index contributed by atoms with van der Waals surface area (Å²) >= 11 is 1.32. The molecule has 0 unspecified atom stereocenters. The Morgan fingerprint density at radius 1 is 0.719 bits per heavy atom. The van der Waals surface area contributed by atoms with Crippen molar-refractivity contribution in [3.63, 3.8) is 0 Å². The van der Waals surface area contributed by atoms with Crippen molar-refractivity contribution in [2.24, 2.45) is 0 Å². The van der Waals surface area contributed by atoms with Gasteiger partial charge in [-0.25, -0.2) is 4.90 Å². The molecule has 0 spiro atoms. The van der Waals surface area contributed by atoms with Gasteiger partial charge in [-0.15, -0.1) is 0 Å². The monoisotopic (exact) mass is 437 g/mol. The van der Waals surface area contributed by atoms with Gasteiger partial charge >= 0.3 is 0 Å². The second kappa shape index (κ2) is 8.36. The highest BCUT2D eigenvalue weighted by molar-refractivity contribution is 8.04. The summed E-state index contributed by atoms with van der Waals surface area (Å²) in [6, 6.07) is 30.3. The first-order valence-electron chi connectivity index (χ1n) is 10.2. The molecule has 0 atom stereocenters. The second-order valence-corrected chi connectivity index (χ2v) is 8.38. The number of rotatable bonds is 5. The van der Waals surface area contributed by atoms with E-state index in [-0.39, 0.29) is 11.8 Å². The molecule has 4 nitrogen and oxygen atoms in total. The van der Waals surface area contributed by atoms with Gasteiger partial charge in [-0.05, 0) is 41.3 Å². The molecule has 1 aliphatic heterocycles. The molecule has 4 aromatic rings. The Morgan fingerprint density at radius 3 is 2.16 bits per heavy atom. The van der Waals surface area contributed by atoms with Gasteiger partial charge in [-0.2, -0.15) is 0 Å². The molecule has 1 aliphatic rings. The molecule has 0 saturated carbocycles. The number of imide groups is 1. The Bertz CT molecular complexity index is 1360. The van der Waals surface area contributed by atoms with E-state index >= 15 is 0 Å². The van der Waals surface area contributed by atoms with Crippen molar-refractivity contribution in [3.05, 3.63) is 108 Å². The minimum atomic E-state index is -0.324. The highest BCUT2D eigenvalue weighted by Crippen LogP contribution is 2.43. The van der Waals surface area contributed by atoms with Gasteiger partial charge in [0, 0.05) is 10.3 Å². The molecule has 4 aromatic carbocycles.